The average molecular weight is 179 g/mol. The van der Waals surface area contributed by atoms with Crippen molar-refractivity contribution in [2.24, 2.45) is 0 Å². The van der Waals surface area contributed by atoms with Crippen LogP contribution >= 0.6 is 11.8 Å². The van der Waals surface area contributed by atoms with Gasteiger partial charge in [0.1, 0.15) is 0 Å². The van der Waals surface area contributed by atoms with E-state index in [9.17, 15) is 0 Å². The van der Waals surface area contributed by atoms with Crippen LogP contribution in [0.5, 0.6) is 0 Å². The summed E-state index contributed by atoms with van der Waals surface area (Å²) in [7, 11) is 0. The summed E-state index contributed by atoms with van der Waals surface area (Å²) in [5, 5.41) is 3.51. The van der Waals surface area contributed by atoms with E-state index >= 15 is 0 Å². The number of thioether (sulfide) groups is 1. The third-order valence-electron chi connectivity index (χ3n) is 2.12. The Balaban J connectivity index is 2.08. The monoisotopic (exact) mass is 179 g/mol. The molecule has 1 atom stereocenters. The van der Waals surface area contributed by atoms with Crippen molar-refractivity contribution >= 4 is 11.8 Å². The van der Waals surface area contributed by atoms with E-state index in [1.54, 1.807) is 0 Å². The minimum atomic E-state index is 0.574. The van der Waals surface area contributed by atoms with Crippen molar-refractivity contribution in [1.29, 1.82) is 0 Å². The molecule has 64 valence electrons. The predicted molar refractivity (Wildman–Crippen MR) is 54.5 cm³/mol. The lowest BCUT2D eigenvalue weighted by atomic mass is 10.1. The van der Waals surface area contributed by atoms with E-state index in [-0.39, 0.29) is 0 Å². The molecule has 2 heteroatoms. The van der Waals surface area contributed by atoms with E-state index in [2.05, 4.69) is 35.6 Å². The summed E-state index contributed by atoms with van der Waals surface area (Å²) < 4.78 is 0. The molecule has 2 rings (SSSR count). The van der Waals surface area contributed by atoms with Crippen molar-refractivity contribution in [2.45, 2.75) is 6.04 Å². The molecule has 1 aliphatic rings. The average Bonchev–Trinajstić information content (AvgIpc) is 2.21. The highest BCUT2D eigenvalue weighted by atomic mass is 32.2. The van der Waals surface area contributed by atoms with Gasteiger partial charge in [-0.3, -0.25) is 0 Å². The zero-order valence-corrected chi connectivity index (χ0v) is 7.81. The highest BCUT2D eigenvalue weighted by Crippen LogP contribution is 2.20. The fourth-order valence-corrected chi connectivity index (χ4v) is 2.44. The fraction of sp³-hybridized carbons (Fsp3) is 0.400. The highest BCUT2D eigenvalue weighted by Gasteiger charge is 2.13. The van der Waals surface area contributed by atoms with Crippen LogP contribution in [0.15, 0.2) is 30.3 Å². The second-order valence-corrected chi connectivity index (χ2v) is 4.14. The number of benzene rings is 1. The summed E-state index contributed by atoms with van der Waals surface area (Å²) in [5.41, 5.74) is 1.42. The molecule has 1 aromatic rings. The summed E-state index contributed by atoms with van der Waals surface area (Å²) in [4.78, 5) is 0. The molecule has 0 saturated carbocycles. The van der Waals surface area contributed by atoms with Crippen LogP contribution in [-0.2, 0) is 0 Å². The Morgan fingerprint density at radius 2 is 2.08 bits per heavy atom. The molecule has 1 heterocycles. The lowest BCUT2D eigenvalue weighted by Gasteiger charge is -2.23. The summed E-state index contributed by atoms with van der Waals surface area (Å²) in [6, 6.07) is 11.3. The Bertz CT molecular complexity index is 229. The first-order chi connectivity index (χ1) is 5.97. The first-order valence-corrected chi connectivity index (χ1v) is 5.48. The minimum absolute atomic E-state index is 0.574. The Labute approximate surface area is 77.6 Å². The number of hydrogen-bond donors (Lipinski definition) is 1. The molecule has 0 amide bonds. The van der Waals surface area contributed by atoms with E-state index in [0.717, 1.165) is 6.54 Å². The quantitative estimate of drug-likeness (QED) is 0.708. The van der Waals surface area contributed by atoms with Crippen molar-refractivity contribution in [2.75, 3.05) is 18.1 Å². The Kier molecular flexibility index (Phi) is 2.69. The standard InChI is InChI=1S/C10H13NS/c1-2-4-9(5-3-1)10-8-12-7-6-11-10/h1-5,10-11H,6-8H2/t10-/m0/s1. The zero-order chi connectivity index (χ0) is 8.23. The SMILES string of the molecule is c1ccc([C@@H]2CSCCN2)cc1. The number of rotatable bonds is 1. The molecule has 0 aromatic heterocycles. The maximum atomic E-state index is 3.51. The molecular formula is C10H13NS. The van der Waals surface area contributed by atoms with E-state index in [4.69, 9.17) is 0 Å². The third kappa shape index (κ3) is 1.82. The molecule has 1 saturated heterocycles. The van der Waals surface area contributed by atoms with Crippen LogP contribution < -0.4 is 5.32 Å². The first kappa shape index (κ1) is 8.14. The lowest BCUT2D eigenvalue weighted by molar-refractivity contribution is 0.595. The van der Waals surface area contributed by atoms with Crippen molar-refractivity contribution in [3.05, 3.63) is 35.9 Å². The zero-order valence-electron chi connectivity index (χ0n) is 6.99. The van der Waals surface area contributed by atoms with Gasteiger partial charge in [0.15, 0.2) is 0 Å². The largest absolute Gasteiger partial charge is 0.308 e. The topological polar surface area (TPSA) is 12.0 Å². The van der Waals surface area contributed by atoms with Crippen LogP contribution in [-0.4, -0.2) is 18.1 Å². The predicted octanol–water partition coefficient (Wildman–Crippen LogP) is 2.06. The Morgan fingerprint density at radius 3 is 2.75 bits per heavy atom. The van der Waals surface area contributed by atoms with Gasteiger partial charge < -0.3 is 5.32 Å². The van der Waals surface area contributed by atoms with E-state index < -0.39 is 0 Å². The molecule has 1 aromatic carbocycles. The van der Waals surface area contributed by atoms with Crippen LogP contribution in [0.2, 0.25) is 0 Å². The highest BCUT2D eigenvalue weighted by molar-refractivity contribution is 7.99. The van der Waals surface area contributed by atoms with E-state index in [1.165, 1.54) is 17.1 Å². The van der Waals surface area contributed by atoms with Gasteiger partial charge in [-0.25, -0.2) is 0 Å². The van der Waals surface area contributed by atoms with Gasteiger partial charge in [0.25, 0.3) is 0 Å². The second-order valence-electron chi connectivity index (χ2n) is 2.99. The van der Waals surface area contributed by atoms with Crippen LogP contribution in [0.3, 0.4) is 0 Å². The molecule has 0 aliphatic carbocycles. The normalized spacial score (nSPS) is 23.8. The molecule has 1 nitrogen and oxygen atoms in total. The molecule has 0 spiro atoms. The minimum Gasteiger partial charge on any atom is -0.308 e. The van der Waals surface area contributed by atoms with Crippen molar-refractivity contribution < 1.29 is 0 Å². The molecule has 0 unspecified atom stereocenters. The van der Waals surface area contributed by atoms with Gasteiger partial charge >= 0.3 is 0 Å². The van der Waals surface area contributed by atoms with Gasteiger partial charge in [0, 0.05) is 24.1 Å². The van der Waals surface area contributed by atoms with Crippen molar-refractivity contribution in [3.63, 3.8) is 0 Å². The van der Waals surface area contributed by atoms with Gasteiger partial charge in [0.2, 0.25) is 0 Å². The van der Waals surface area contributed by atoms with Gasteiger partial charge in [-0.05, 0) is 5.56 Å². The molecule has 12 heavy (non-hydrogen) atoms. The molecule has 0 bridgehead atoms. The number of hydrogen-bond acceptors (Lipinski definition) is 2. The van der Waals surface area contributed by atoms with Gasteiger partial charge in [-0.1, -0.05) is 30.3 Å². The second kappa shape index (κ2) is 3.97. The molecule has 0 radical (unpaired) electrons. The van der Waals surface area contributed by atoms with E-state index in [0.29, 0.717) is 6.04 Å². The Morgan fingerprint density at radius 1 is 1.25 bits per heavy atom. The van der Waals surface area contributed by atoms with Crippen LogP contribution in [0.25, 0.3) is 0 Å². The first-order valence-electron chi connectivity index (χ1n) is 4.33. The van der Waals surface area contributed by atoms with Gasteiger partial charge in [0.05, 0.1) is 0 Å². The van der Waals surface area contributed by atoms with Gasteiger partial charge in [-0.15, -0.1) is 0 Å². The number of nitrogens with one attached hydrogen (secondary N) is 1. The third-order valence-corrected chi connectivity index (χ3v) is 3.19. The molecule has 1 N–H and O–H groups in total. The summed E-state index contributed by atoms with van der Waals surface area (Å²) in [6.45, 7) is 1.14. The van der Waals surface area contributed by atoms with Crippen LogP contribution in [0, 0.1) is 0 Å². The molecule has 1 aliphatic heterocycles. The molecule has 1 fully saturated rings. The fourth-order valence-electron chi connectivity index (χ4n) is 1.46. The lowest BCUT2D eigenvalue weighted by Crippen LogP contribution is -2.30. The maximum absolute atomic E-state index is 3.51. The van der Waals surface area contributed by atoms with E-state index in [1.807, 2.05) is 11.8 Å². The van der Waals surface area contributed by atoms with Gasteiger partial charge in [-0.2, -0.15) is 11.8 Å². The summed E-state index contributed by atoms with van der Waals surface area (Å²) in [5.74, 6) is 2.47. The maximum Gasteiger partial charge on any atom is 0.0412 e. The van der Waals surface area contributed by atoms with Crippen molar-refractivity contribution in [1.82, 2.24) is 5.32 Å². The summed E-state index contributed by atoms with van der Waals surface area (Å²) >= 11 is 2.04. The van der Waals surface area contributed by atoms with Crippen LogP contribution in [0.1, 0.15) is 11.6 Å². The summed E-state index contributed by atoms with van der Waals surface area (Å²) in [6.07, 6.45) is 0. The smallest absolute Gasteiger partial charge is 0.0412 e. The van der Waals surface area contributed by atoms with Crippen molar-refractivity contribution in [3.8, 4) is 0 Å². The Hall–Kier alpha value is -0.470. The van der Waals surface area contributed by atoms with Crippen LogP contribution in [0.4, 0.5) is 0 Å². The molecular weight excluding hydrogens is 166 g/mol.